The maximum atomic E-state index is 6.08. The molecule has 1 saturated heterocycles. The number of nitrogens with one attached hydrogen (secondary N) is 1. The summed E-state index contributed by atoms with van der Waals surface area (Å²) >= 11 is 0. The standard InChI is InChI=1S/C13H21N3O2/c1-3-18-13(4-6-17-7-5-13)12(14-2)11-8-15-10-16-9-11/h8-10,12,14H,3-7H2,1-2H3. The first-order valence-corrected chi connectivity index (χ1v) is 6.46. The highest BCUT2D eigenvalue weighted by Crippen LogP contribution is 2.37. The lowest BCUT2D eigenvalue weighted by Crippen LogP contribution is -2.49. The Hall–Kier alpha value is -1.04. The van der Waals surface area contributed by atoms with E-state index in [2.05, 4.69) is 15.3 Å². The highest BCUT2D eigenvalue weighted by molar-refractivity contribution is 5.16. The van der Waals surface area contributed by atoms with E-state index in [1.54, 1.807) is 6.33 Å². The summed E-state index contributed by atoms with van der Waals surface area (Å²) in [4.78, 5) is 8.20. The van der Waals surface area contributed by atoms with Crippen LogP contribution in [0.25, 0.3) is 0 Å². The molecule has 0 aliphatic carbocycles. The second-order valence-corrected chi connectivity index (χ2v) is 4.50. The van der Waals surface area contributed by atoms with E-state index < -0.39 is 0 Å². The fourth-order valence-electron chi connectivity index (χ4n) is 2.71. The summed E-state index contributed by atoms with van der Waals surface area (Å²) in [6.45, 7) is 4.22. The van der Waals surface area contributed by atoms with Crippen LogP contribution in [-0.4, -0.2) is 42.4 Å². The van der Waals surface area contributed by atoms with Gasteiger partial charge in [-0.2, -0.15) is 0 Å². The molecular formula is C13H21N3O2. The van der Waals surface area contributed by atoms with Gasteiger partial charge >= 0.3 is 0 Å². The summed E-state index contributed by atoms with van der Waals surface area (Å²) in [6, 6.07) is 0.0996. The Bertz CT molecular complexity index is 347. The van der Waals surface area contributed by atoms with Gasteiger partial charge in [-0.1, -0.05) is 0 Å². The molecule has 1 fully saturated rings. The van der Waals surface area contributed by atoms with Crippen molar-refractivity contribution in [3.8, 4) is 0 Å². The smallest absolute Gasteiger partial charge is 0.115 e. The van der Waals surface area contributed by atoms with E-state index in [1.165, 1.54) is 0 Å². The number of aromatic nitrogens is 2. The van der Waals surface area contributed by atoms with Crippen LogP contribution >= 0.6 is 0 Å². The van der Waals surface area contributed by atoms with Gasteiger partial charge in [-0.15, -0.1) is 0 Å². The van der Waals surface area contributed by atoms with Gasteiger partial charge in [-0.3, -0.25) is 0 Å². The largest absolute Gasteiger partial charge is 0.381 e. The van der Waals surface area contributed by atoms with Crippen LogP contribution in [0.3, 0.4) is 0 Å². The summed E-state index contributed by atoms with van der Waals surface area (Å²) in [5.41, 5.74) is 0.849. The summed E-state index contributed by atoms with van der Waals surface area (Å²) in [5, 5.41) is 3.35. The first kappa shape index (κ1) is 13.4. The molecule has 1 N–H and O–H groups in total. The lowest BCUT2D eigenvalue weighted by molar-refractivity contribution is -0.127. The summed E-state index contributed by atoms with van der Waals surface area (Å²) in [5.74, 6) is 0. The highest BCUT2D eigenvalue weighted by atomic mass is 16.5. The number of likely N-dealkylation sites (N-methyl/N-ethyl adjacent to an activating group) is 1. The third kappa shape index (κ3) is 2.68. The average molecular weight is 251 g/mol. The molecular weight excluding hydrogens is 230 g/mol. The maximum absolute atomic E-state index is 6.08. The van der Waals surface area contributed by atoms with Gasteiger partial charge in [0.1, 0.15) is 6.33 Å². The van der Waals surface area contributed by atoms with Gasteiger partial charge in [-0.25, -0.2) is 9.97 Å². The zero-order valence-electron chi connectivity index (χ0n) is 11.1. The lowest BCUT2D eigenvalue weighted by Gasteiger charge is -2.43. The molecule has 0 spiro atoms. The number of hydrogen-bond acceptors (Lipinski definition) is 5. The van der Waals surface area contributed by atoms with Gasteiger partial charge in [0.15, 0.2) is 0 Å². The molecule has 0 saturated carbocycles. The van der Waals surface area contributed by atoms with Crippen molar-refractivity contribution >= 4 is 0 Å². The molecule has 5 nitrogen and oxygen atoms in total. The van der Waals surface area contributed by atoms with Crippen molar-refractivity contribution in [3.63, 3.8) is 0 Å². The molecule has 1 aliphatic rings. The van der Waals surface area contributed by atoms with Gasteiger partial charge < -0.3 is 14.8 Å². The van der Waals surface area contributed by atoms with E-state index in [1.807, 2.05) is 26.4 Å². The van der Waals surface area contributed by atoms with Crippen LogP contribution in [-0.2, 0) is 9.47 Å². The molecule has 0 bridgehead atoms. The monoisotopic (exact) mass is 251 g/mol. The van der Waals surface area contributed by atoms with E-state index in [0.29, 0.717) is 6.61 Å². The minimum atomic E-state index is -0.216. The zero-order chi connectivity index (χ0) is 12.8. The molecule has 100 valence electrons. The first-order chi connectivity index (χ1) is 8.82. The topological polar surface area (TPSA) is 56.3 Å². The van der Waals surface area contributed by atoms with Crippen molar-refractivity contribution in [1.82, 2.24) is 15.3 Å². The van der Waals surface area contributed by atoms with Crippen LogP contribution in [0.1, 0.15) is 31.4 Å². The van der Waals surface area contributed by atoms with E-state index in [0.717, 1.165) is 31.6 Å². The van der Waals surface area contributed by atoms with Gasteiger partial charge in [-0.05, 0) is 14.0 Å². The average Bonchev–Trinajstić information content (AvgIpc) is 2.42. The fourth-order valence-corrected chi connectivity index (χ4v) is 2.71. The van der Waals surface area contributed by atoms with E-state index in [4.69, 9.17) is 9.47 Å². The minimum Gasteiger partial charge on any atom is -0.381 e. The van der Waals surface area contributed by atoms with Crippen LogP contribution in [0, 0.1) is 0 Å². The second-order valence-electron chi connectivity index (χ2n) is 4.50. The van der Waals surface area contributed by atoms with Crippen molar-refractivity contribution in [2.75, 3.05) is 26.9 Å². The number of rotatable bonds is 5. The Morgan fingerprint density at radius 3 is 2.61 bits per heavy atom. The number of hydrogen-bond donors (Lipinski definition) is 1. The number of ether oxygens (including phenoxy) is 2. The quantitative estimate of drug-likeness (QED) is 0.855. The van der Waals surface area contributed by atoms with Crippen molar-refractivity contribution in [2.24, 2.45) is 0 Å². The molecule has 1 aromatic rings. The molecule has 18 heavy (non-hydrogen) atoms. The molecule has 0 radical (unpaired) electrons. The third-order valence-electron chi connectivity index (χ3n) is 3.50. The molecule has 1 unspecified atom stereocenters. The Morgan fingerprint density at radius 2 is 2.06 bits per heavy atom. The fraction of sp³-hybridized carbons (Fsp3) is 0.692. The second kappa shape index (κ2) is 6.22. The van der Waals surface area contributed by atoms with Gasteiger partial charge in [0.05, 0.1) is 11.6 Å². The van der Waals surface area contributed by atoms with Gasteiger partial charge in [0.2, 0.25) is 0 Å². The van der Waals surface area contributed by atoms with Crippen molar-refractivity contribution in [2.45, 2.75) is 31.4 Å². The van der Waals surface area contributed by atoms with Crippen molar-refractivity contribution in [1.29, 1.82) is 0 Å². The Balaban J connectivity index is 2.27. The van der Waals surface area contributed by atoms with Crippen LogP contribution in [0.15, 0.2) is 18.7 Å². The van der Waals surface area contributed by atoms with Crippen LogP contribution in [0.5, 0.6) is 0 Å². The molecule has 2 rings (SSSR count). The summed E-state index contributed by atoms with van der Waals surface area (Å²) in [6.07, 6.45) is 7.03. The highest BCUT2D eigenvalue weighted by Gasteiger charge is 2.41. The van der Waals surface area contributed by atoms with Crippen molar-refractivity contribution < 1.29 is 9.47 Å². The molecule has 0 aromatic carbocycles. The maximum Gasteiger partial charge on any atom is 0.115 e. The van der Waals surface area contributed by atoms with Crippen LogP contribution in [0.4, 0.5) is 0 Å². The molecule has 1 aliphatic heterocycles. The summed E-state index contributed by atoms with van der Waals surface area (Å²) in [7, 11) is 1.95. The summed E-state index contributed by atoms with van der Waals surface area (Å²) < 4.78 is 11.5. The molecule has 0 amide bonds. The number of nitrogens with zero attached hydrogens (tertiary/aromatic N) is 2. The van der Waals surface area contributed by atoms with Gasteiger partial charge in [0.25, 0.3) is 0 Å². The Morgan fingerprint density at radius 1 is 1.39 bits per heavy atom. The third-order valence-corrected chi connectivity index (χ3v) is 3.50. The molecule has 1 atom stereocenters. The van der Waals surface area contributed by atoms with E-state index in [-0.39, 0.29) is 11.6 Å². The van der Waals surface area contributed by atoms with E-state index in [9.17, 15) is 0 Å². The van der Waals surface area contributed by atoms with Gasteiger partial charge in [0, 0.05) is 50.6 Å². The zero-order valence-corrected chi connectivity index (χ0v) is 11.1. The molecule has 2 heterocycles. The van der Waals surface area contributed by atoms with Crippen molar-refractivity contribution in [3.05, 3.63) is 24.3 Å². The normalized spacial score (nSPS) is 20.6. The lowest BCUT2D eigenvalue weighted by atomic mass is 9.83. The first-order valence-electron chi connectivity index (χ1n) is 6.46. The van der Waals surface area contributed by atoms with Crippen LogP contribution < -0.4 is 5.32 Å². The Labute approximate surface area is 108 Å². The molecule has 1 aromatic heterocycles. The Kier molecular flexibility index (Phi) is 4.63. The SMILES string of the molecule is CCOC1(C(NC)c2cncnc2)CCOCC1. The predicted octanol–water partition coefficient (Wildman–Crippen LogP) is 1.32. The molecule has 5 heteroatoms. The minimum absolute atomic E-state index is 0.0996. The predicted molar refractivity (Wildman–Crippen MR) is 68.2 cm³/mol. The van der Waals surface area contributed by atoms with Crippen LogP contribution in [0.2, 0.25) is 0 Å². The van der Waals surface area contributed by atoms with E-state index >= 15 is 0 Å².